The second-order valence-electron chi connectivity index (χ2n) is 5.65. The molecule has 4 heteroatoms. The number of halogens is 3. The van der Waals surface area contributed by atoms with E-state index in [0.717, 1.165) is 16.8 Å². The Hall–Kier alpha value is -1.69. The standard InChI is InChI=1S/C19H16F2IN/c1-11-8-15(20)18(16(21)9-11)19-14(10-17(22)12(2)23-19)13-6-4-3-5-7-13/h3-9,17,23H,2,10H2,1H3. The van der Waals surface area contributed by atoms with Crippen LogP contribution in [0.3, 0.4) is 0 Å². The molecule has 23 heavy (non-hydrogen) atoms. The molecule has 118 valence electrons. The Kier molecular flexibility index (Phi) is 4.53. The van der Waals surface area contributed by atoms with Crippen molar-refractivity contribution in [3.8, 4) is 0 Å². The van der Waals surface area contributed by atoms with Crippen LogP contribution in [0, 0.1) is 18.6 Å². The van der Waals surface area contributed by atoms with Crippen LogP contribution in [0.5, 0.6) is 0 Å². The molecule has 2 aromatic rings. The fraction of sp³-hybridized carbons (Fsp3) is 0.158. The first-order valence-corrected chi connectivity index (χ1v) is 8.56. The first-order valence-electron chi connectivity index (χ1n) is 7.32. The Labute approximate surface area is 148 Å². The maximum absolute atomic E-state index is 14.5. The van der Waals surface area contributed by atoms with Gasteiger partial charge in [-0.25, -0.2) is 8.78 Å². The third-order valence-corrected chi connectivity index (χ3v) is 5.10. The summed E-state index contributed by atoms with van der Waals surface area (Å²) in [5.74, 6) is -1.11. The minimum absolute atomic E-state index is 0.0149. The van der Waals surface area contributed by atoms with Crippen LogP contribution >= 0.6 is 22.6 Å². The van der Waals surface area contributed by atoms with Gasteiger partial charge in [0.15, 0.2) is 0 Å². The first kappa shape index (κ1) is 16.2. The van der Waals surface area contributed by atoms with Gasteiger partial charge >= 0.3 is 0 Å². The van der Waals surface area contributed by atoms with Gasteiger partial charge in [-0.1, -0.05) is 59.5 Å². The van der Waals surface area contributed by atoms with Crippen molar-refractivity contribution in [2.45, 2.75) is 17.3 Å². The second kappa shape index (κ2) is 6.43. The van der Waals surface area contributed by atoms with E-state index in [4.69, 9.17) is 0 Å². The van der Waals surface area contributed by atoms with Crippen LogP contribution < -0.4 is 5.32 Å². The summed E-state index contributed by atoms with van der Waals surface area (Å²) in [6.45, 7) is 5.66. The normalized spacial score (nSPS) is 18.1. The molecule has 1 N–H and O–H groups in total. The van der Waals surface area contributed by atoms with Crippen LogP contribution in [0.1, 0.15) is 23.1 Å². The highest BCUT2D eigenvalue weighted by Gasteiger charge is 2.27. The number of hydrogen-bond acceptors (Lipinski definition) is 1. The van der Waals surface area contributed by atoms with Crippen LogP contribution in [0.25, 0.3) is 11.3 Å². The summed E-state index contributed by atoms with van der Waals surface area (Å²) in [6.07, 6.45) is 0.679. The summed E-state index contributed by atoms with van der Waals surface area (Å²) in [4.78, 5) is 0. The Morgan fingerprint density at radius 1 is 1.13 bits per heavy atom. The monoisotopic (exact) mass is 423 g/mol. The van der Waals surface area contributed by atoms with Gasteiger partial charge in [0.2, 0.25) is 0 Å². The lowest BCUT2D eigenvalue weighted by Crippen LogP contribution is -2.26. The fourth-order valence-corrected chi connectivity index (χ4v) is 3.37. The minimum Gasteiger partial charge on any atom is -0.358 e. The quantitative estimate of drug-likeness (QED) is 0.500. The molecule has 2 aromatic carbocycles. The van der Waals surface area contributed by atoms with Crippen LogP contribution in [0.2, 0.25) is 0 Å². The first-order chi connectivity index (χ1) is 11.0. The third-order valence-electron chi connectivity index (χ3n) is 3.91. The molecule has 0 fully saturated rings. The van der Waals surface area contributed by atoms with Crippen molar-refractivity contribution in [2.24, 2.45) is 0 Å². The molecule has 1 aliphatic rings. The van der Waals surface area contributed by atoms with Gasteiger partial charge in [0.25, 0.3) is 0 Å². The molecule has 1 heterocycles. The zero-order valence-corrected chi connectivity index (χ0v) is 14.8. The molecule has 0 saturated carbocycles. The van der Waals surface area contributed by atoms with Gasteiger partial charge in [0.05, 0.1) is 15.2 Å². The van der Waals surface area contributed by atoms with Gasteiger partial charge in [0.1, 0.15) is 11.6 Å². The summed E-state index contributed by atoms with van der Waals surface area (Å²) in [5.41, 5.74) is 3.65. The van der Waals surface area contributed by atoms with Crippen molar-refractivity contribution in [2.75, 3.05) is 0 Å². The second-order valence-corrected chi connectivity index (χ2v) is 7.15. The molecule has 1 aliphatic heterocycles. The van der Waals surface area contributed by atoms with Crippen LogP contribution in [0.4, 0.5) is 8.78 Å². The lowest BCUT2D eigenvalue weighted by Gasteiger charge is -2.28. The lowest BCUT2D eigenvalue weighted by molar-refractivity contribution is 0.572. The van der Waals surface area contributed by atoms with Crippen LogP contribution in [0.15, 0.2) is 54.7 Å². The summed E-state index contributed by atoms with van der Waals surface area (Å²) in [5, 5.41) is 3.13. The third kappa shape index (κ3) is 3.17. The maximum atomic E-state index is 14.5. The largest absolute Gasteiger partial charge is 0.358 e. The smallest absolute Gasteiger partial charge is 0.135 e. The van der Waals surface area contributed by atoms with Gasteiger partial charge < -0.3 is 5.32 Å². The highest BCUT2D eigenvalue weighted by molar-refractivity contribution is 14.1. The van der Waals surface area contributed by atoms with Crippen molar-refractivity contribution in [3.63, 3.8) is 0 Å². The van der Waals surface area contributed by atoms with Crippen molar-refractivity contribution >= 4 is 33.9 Å². The van der Waals surface area contributed by atoms with E-state index in [9.17, 15) is 8.78 Å². The van der Waals surface area contributed by atoms with Crippen LogP contribution in [-0.2, 0) is 0 Å². The average Bonchev–Trinajstić information content (AvgIpc) is 2.50. The molecule has 0 spiro atoms. The Bertz CT molecular complexity index is 773. The summed E-state index contributed by atoms with van der Waals surface area (Å²) < 4.78 is 29.1. The Morgan fingerprint density at radius 2 is 1.74 bits per heavy atom. The van der Waals surface area contributed by atoms with Gasteiger partial charge in [-0.15, -0.1) is 0 Å². The van der Waals surface area contributed by atoms with Crippen molar-refractivity contribution in [1.82, 2.24) is 5.32 Å². The number of benzene rings is 2. The number of aryl methyl sites for hydroxylation is 1. The van der Waals surface area contributed by atoms with Gasteiger partial charge in [-0.05, 0) is 42.2 Å². The van der Waals surface area contributed by atoms with Crippen molar-refractivity contribution in [3.05, 3.63) is 83.1 Å². The van der Waals surface area contributed by atoms with Crippen molar-refractivity contribution in [1.29, 1.82) is 0 Å². The molecule has 0 amide bonds. The number of rotatable bonds is 2. The highest BCUT2D eigenvalue weighted by atomic mass is 127. The van der Waals surface area contributed by atoms with E-state index in [1.807, 2.05) is 30.3 Å². The van der Waals surface area contributed by atoms with E-state index in [2.05, 4.69) is 34.5 Å². The average molecular weight is 423 g/mol. The van der Waals surface area contributed by atoms with Crippen LogP contribution in [-0.4, -0.2) is 3.92 Å². The molecular weight excluding hydrogens is 407 g/mol. The molecule has 0 bridgehead atoms. The van der Waals surface area contributed by atoms with E-state index < -0.39 is 11.6 Å². The zero-order chi connectivity index (χ0) is 16.6. The molecule has 3 rings (SSSR count). The van der Waals surface area contributed by atoms with E-state index in [-0.39, 0.29) is 9.49 Å². The minimum atomic E-state index is -0.557. The Balaban J connectivity index is 2.25. The summed E-state index contributed by atoms with van der Waals surface area (Å²) in [6, 6.07) is 12.4. The Morgan fingerprint density at radius 3 is 2.35 bits per heavy atom. The predicted octanol–water partition coefficient (Wildman–Crippen LogP) is 5.45. The molecule has 0 aliphatic carbocycles. The maximum Gasteiger partial charge on any atom is 0.135 e. The zero-order valence-electron chi connectivity index (χ0n) is 12.7. The molecule has 0 aromatic heterocycles. The van der Waals surface area contributed by atoms with E-state index in [0.29, 0.717) is 17.7 Å². The molecule has 0 saturated heterocycles. The van der Waals surface area contributed by atoms with E-state index >= 15 is 0 Å². The fourth-order valence-electron chi connectivity index (χ4n) is 2.77. The number of allylic oxidation sites excluding steroid dienone is 2. The van der Waals surface area contributed by atoms with Gasteiger partial charge in [-0.2, -0.15) is 0 Å². The molecule has 0 radical (unpaired) electrons. The molecule has 1 atom stereocenters. The summed E-state index contributed by atoms with van der Waals surface area (Å²) in [7, 11) is 0. The van der Waals surface area contributed by atoms with E-state index in [1.165, 1.54) is 12.1 Å². The molecule has 1 nitrogen and oxygen atoms in total. The lowest BCUT2D eigenvalue weighted by atomic mass is 9.91. The van der Waals surface area contributed by atoms with Gasteiger partial charge in [-0.3, -0.25) is 0 Å². The molecular formula is C19H16F2IN. The van der Waals surface area contributed by atoms with E-state index in [1.54, 1.807) is 6.92 Å². The van der Waals surface area contributed by atoms with Crippen molar-refractivity contribution < 1.29 is 8.78 Å². The molecule has 1 unspecified atom stereocenters. The summed E-state index contributed by atoms with van der Waals surface area (Å²) >= 11 is 2.29. The number of hydrogen-bond donors (Lipinski definition) is 1. The topological polar surface area (TPSA) is 12.0 Å². The SMILES string of the molecule is C=C1NC(c2c(F)cc(C)cc2F)=C(c2ccccc2)CC1I. The highest BCUT2D eigenvalue weighted by Crippen LogP contribution is 2.38. The number of nitrogens with one attached hydrogen (secondary N) is 1. The predicted molar refractivity (Wildman–Crippen MR) is 99.1 cm³/mol. The van der Waals surface area contributed by atoms with Gasteiger partial charge in [0, 0.05) is 5.70 Å². The number of alkyl halides is 1.